The maximum Gasteiger partial charge on any atom is 0.230 e. The summed E-state index contributed by atoms with van der Waals surface area (Å²) in [6.07, 6.45) is 7.97. The average Bonchev–Trinajstić information content (AvgIpc) is 2.85. The van der Waals surface area contributed by atoms with Crippen LogP contribution in [0.25, 0.3) is 0 Å². The second-order valence-corrected chi connectivity index (χ2v) is 9.04. The highest BCUT2D eigenvalue weighted by molar-refractivity contribution is 6.30. The zero-order chi connectivity index (χ0) is 23.6. The number of aromatic nitrogens is 1. The lowest BCUT2D eigenvalue weighted by molar-refractivity contribution is 0.290. The van der Waals surface area contributed by atoms with Gasteiger partial charge in [-0.1, -0.05) is 42.3 Å². The smallest absolute Gasteiger partial charge is 0.230 e. The van der Waals surface area contributed by atoms with Crippen LogP contribution in [0.1, 0.15) is 50.2 Å². The van der Waals surface area contributed by atoms with E-state index in [0.29, 0.717) is 18.2 Å². The summed E-state index contributed by atoms with van der Waals surface area (Å²) in [4.78, 5) is 9.49. The van der Waals surface area contributed by atoms with E-state index in [1.165, 1.54) is 5.56 Å². The van der Waals surface area contributed by atoms with Crippen LogP contribution in [0.4, 0.5) is 0 Å². The third-order valence-electron chi connectivity index (χ3n) is 5.82. The molecule has 1 unspecified atom stereocenters. The molecule has 0 fully saturated rings. The molecule has 1 N–H and O–H groups in total. The van der Waals surface area contributed by atoms with E-state index < -0.39 is 0 Å². The molecule has 0 aliphatic carbocycles. The van der Waals surface area contributed by atoms with E-state index in [1.54, 1.807) is 6.20 Å². The first-order chi connectivity index (χ1) is 16.7. The Morgan fingerprint density at radius 3 is 2.59 bits per heavy atom. The van der Waals surface area contributed by atoms with Gasteiger partial charge in [-0.25, -0.2) is 4.98 Å². The van der Waals surface area contributed by atoms with Crippen molar-refractivity contribution in [2.24, 2.45) is 4.99 Å². The first-order valence-corrected chi connectivity index (χ1v) is 12.5. The van der Waals surface area contributed by atoms with Crippen molar-refractivity contribution in [1.29, 1.82) is 0 Å². The quantitative estimate of drug-likeness (QED) is 0.447. The van der Waals surface area contributed by atoms with Crippen LogP contribution in [0, 0.1) is 0 Å². The number of hydrogen-bond donors (Lipinski definition) is 1. The molecule has 1 atom stereocenters. The number of nitrogens with one attached hydrogen (secondary N) is 1. The van der Waals surface area contributed by atoms with Crippen LogP contribution in [0.3, 0.4) is 0 Å². The number of para-hydroxylation sites is 2. The lowest BCUT2D eigenvalue weighted by Gasteiger charge is -2.20. The average molecular weight is 478 g/mol. The molecule has 0 bridgehead atoms. The number of pyridine rings is 1. The van der Waals surface area contributed by atoms with Gasteiger partial charge in [-0.05, 0) is 81.0 Å². The van der Waals surface area contributed by atoms with E-state index in [2.05, 4.69) is 29.4 Å². The van der Waals surface area contributed by atoms with Gasteiger partial charge in [0.1, 0.15) is 5.84 Å². The fourth-order valence-corrected chi connectivity index (χ4v) is 4.03. The van der Waals surface area contributed by atoms with Crippen LogP contribution >= 0.6 is 11.6 Å². The molecule has 34 heavy (non-hydrogen) atoms. The number of ether oxygens (including phenoxy) is 2. The molecule has 1 aliphatic rings. The summed E-state index contributed by atoms with van der Waals surface area (Å²) >= 11 is 6.02. The van der Waals surface area contributed by atoms with Crippen molar-refractivity contribution < 1.29 is 9.47 Å². The summed E-state index contributed by atoms with van der Waals surface area (Å²) in [6, 6.07) is 20.0. The molecule has 178 valence electrons. The molecule has 0 spiro atoms. The van der Waals surface area contributed by atoms with Crippen molar-refractivity contribution in [3.05, 3.63) is 83.0 Å². The number of aliphatic imine (C=N–C) groups is 1. The van der Waals surface area contributed by atoms with Gasteiger partial charge in [-0.2, -0.15) is 0 Å². The van der Waals surface area contributed by atoms with Gasteiger partial charge in [0.25, 0.3) is 0 Å². The van der Waals surface area contributed by atoms with Crippen molar-refractivity contribution in [3.8, 4) is 17.4 Å². The highest BCUT2D eigenvalue weighted by Gasteiger charge is 2.17. The second kappa shape index (κ2) is 12.4. The maximum atomic E-state index is 6.27. The van der Waals surface area contributed by atoms with Crippen LogP contribution < -0.4 is 14.8 Å². The Morgan fingerprint density at radius 1 is 0.941 bits per heavy atom. The van der Waals surface area contributed by atoms with Crippen LogP contribution in [0.15, 0.2) is 71.9 Å². The van der Waals surface area contributed by atoms with Gasteiger partial charge in [-0.15, -0.1) is 0 Å². The number of halogens is 1. The van der Waals surface area contributed by atoms with E-state index in [1.807, 2.05) is 48.5 Å². The molecule has 2 heterocycles. The number of nitrogens with zero attached hydrogens (tertiary/aromatic N) is 2. The Labute approximate surface area is 207 Å². The van der Waals surface area contributed by atoms with Crippen LogP contribution in [0.2, 0.25) is 5.02 Å². The molecule has 0 saturated heterocycles. The van der Waals surface area contributed by atoms with Crippen molar-refractivity contribution in [1.82, 2.24) is 10.3 Å². The Morgan fingerprint density at radius 2 is 1.74 bits per heavy atom. The van der Waals surface area contributed by atoms with Gasteiger partial charge in [-0.3, -0.25) is 4.99 Å². The highest BCUT2D eigenvalue weighted by atomic mass is 35.5. The number of fused-ring (bicyclic) bond motifs is 2. The summed E-state index contributed by atoms with van der Waals surface area (Å²) in [6.45, 7) is 3.62. The number of hydrogen-bond acceptors (Lipinski definition) is 5. The van der Waals surface area contributed by atoms with Crippen molar-refractivity contribution in [2.45, 2.75) is 51.5 Å². The molecule has 2 aromatic carbocycles. The van der Waals surface area contributed by atoms with E-state index in [9.17, 15) is 0 Å². The molecule has 5 nitrogen and oxygen atoms in total. The standard InChI is InChI=1S/C28H32ClN3O2/c1-21(12-13-22-14-16-23(29)17-15-22)32-27-24-9-8-19-31-28(24)34-26-11-5-4-10-25(26)33-20-7-3-2-6-18-30-27/h4-5,8-11,14-17,19,21H,2-3,6-7,12-13,18,20H2,1H3,(H,30,32). The molecule has 4 rings (SSSR count). The summed E-state index contributed by atoms with van der Waals surface area (Å²) < 4.78 is 12.3. The topological polar surface area (TPSA) is 55.7 Å². The summed E-state index contributed by atoms with van der Waals surface area (Å²) in [5.41, 5.74) is 2.13. The molecular weight excluding hydrogens is 446 g/mol. The van der Waals surface area contributed by atoms with Gasteiger partial charge in [0, 0.05) is 23.8 Å². The Balaban J connectivity index is 1.55. The maximum absolute atomic E-state index is 6.27. The van der Waals surface area contributed by atoms with Crippen LogP contribution in [-0.2, 0) is 6.42 Å². The third kappa shape index (κ3) is 6.97. The Kier molecular flexibility index (Phi) is 8.80. The monoisotopic (exact) mass is 477 g/mol. The van der Waals surface area contributed by atoms with E-state index in [4.69, 9.17) is 26.1 Å². The minimum absolute atomic E-state index is 0.219. The number of benzene rings is 2. The third-order valence-corrected chi connectivity index (χ3v) is 6.08. The zero-order valence-corrected chi connectivity index (χ0v) is 20.4. The predicted octanol–water partition coefficient (Wildman–Crippen LogP) is 6.84. The normalized spacial score (nSPS) is 15.4. The van der Waals surface area contributed by atoms with Gasteiger partial charge < -0.3 is 14.8 Å². The Hall–Kier alpha value is -3.05. The summed E-state index contributed by atoms with van der Waals surface area (Å²) in [5.74, 6) is 2.74. The molecule has 0 amide bonds. The van der Waals surface area contributed by atoms with Gasteiger partial charge in [0.05, 0.1) is 12.2 Å². The fourth-order valence-electron chi connectivity index (χ4n) is 3.90. The van der Waals surface area contributed by atoms with E-state index in [0.717, 1.165) is 67.2 Å². The van der Waals surface area contributed by atoms with Crippen LogP contribution in [-0.4, -0.2) is 30.0 Å². The number of amidine groups is 1. The minimum atomic E-state index is 0.219. The van der Waals surface area contributed by atoms with E-state index in [-0.39, 0.29) is 6.04 Å². The number of rotatable bonds is 4. The SMILES string of the molecule is CC(CCc1ccc(Cl)cc1)NC1=NCCCCCCOc2ccccc2Oc2ncccc21. The molecule has 3 aromatic rings. The first-order valence-electron chi connectivity index (χ1n) is 12.1. The van der Waals surface area contributed by atoms with Crippen molar-refractivity contribution in [2.75, 3.05) is 13.2 Å². The predicted molar refractivity (Wildman–Crippen MR) is 138 cm³/mol. The van der Waals surface area contributed by atoms with E-state index >= 15 is 0 Å². The van der Waals surface area contributed by atoms with Crippen molar-refractivity contribution in [3.63, 3.8) is 0 Å². The molecular formula is C28H32ClN3O2. The van der Waals surface area contributed by atoms with Gasteiger partial charge >= 0.3 is 0 Å². The molecule has 1 aromatic heterocycles. The molecule has 6 heteroatoms. The van der Waals surface area contributed by atoms with Crippen molar-refractivity contribution >= 4 is 17.4 Å². The molecule has 0 radical (unpaired) electrons. The molecule has 0 saturated carbocycles. The van der Waals surface area contributed by atoms with Crippen LogP contribution in [0.5, 0.6) is 17.4 Å². The lowest BCUT2D eigenvalue weighted by atomic mass is 10.1. The lowest BCUT2D eigenvalue weighted by Crippen LogP contribution is -2.34. The zero-order valence-electron chi connectivity index (χ0n) is 19.7. The highest BCUT2D eigenvalue weighted by Crippen LogP contribution is 2.32. The fraction of sp³-hybridized carbons (Fsp3) is 0.357. The first kappa shape index (κ1) is 24.1. The number of aryl methyl sites for hydroxylation is 1. The summed E-state index contributed by atoms with van der Waals surface area (Å²) in [7, 11) is 0. The Bertz CT molecular complexity index is 1090. The van der Waals surface area contributed by atoms with Gasteiger partial charge in [0.2, 0.25) is 5.88 Å². The van der Waals surface area contributed by atoms with Gasteiger partial charge in [0.15, 0.2) is 11.5 Å². The second-order valence-electron chi connectivity index (χ2n) is 8.61. The summed E-state index contributed by atoms with van der Waals surface area (Å²) in [5, 5.41) is 4.40. The minimum Gasteiger partial charge on any atom is -0.490 e. The molecule has 1 aliphatic heterocycles. The largest absolute Gasteiger partial charge is 0.490 e.